The van der Waals surface area contributed by atoms with E-state index in [2.05, 4.69) is 152 Å². The topological polar surface area (TPSA) is 56.5 Å². The lowest BCUT2D eigenvalue weighted by molar-refractivity contribution is 0.661. The highest BCUT2D eigenvalue weighted by atomic mass is 15.2. The zero-order valence-electron chi connectivity index (χ0n) is 31.0. The third kappa shape index (κ3) is 5.01. The maximum Gasteiger partial charge on any atom is 0.238 e. The quantitative estimate of drug-likeness (QED) is 0.178. The van der Waals surface area contributed by atoms with Crippen LogP contribution < -0.4 is 0 Å². The van der Waals surface area contributed by atoms with Crippen LogP contribution in [0.15, 0.2) is 176 Å². The molecule has 0 radical (unpaired) electrons. The molecule has 1 aliphatic carbocycles. The van der Waals surface area contributed by atoms with E-state index in [1.165, 1.54) is 27.6 Å². The summed E-state index contributed by atoms with van der Waals surface area (Å²) in [5, 5.41) is 4.62. The zero-order chi connectivity index (χ0) is 37.4. The molecule has 0 saturated heterocycles. The van der Waals surface area contributed by atoms with Crippen molar-refractivity contribution in [2.45, 2.75) is 19.3 Å². The fourth-order valence-electron chi connectivity index (χ4n) is 8.70. The molecule has 5 heteroatoms. The second-order valence-corrected chi connectivity index (χ2v) is 15.1. The fraction of sp³-hybridized carbons (Fsp3) is 0.0588. The maximum atomic E-state index is 5.23. The van der Waals surface area contributed by atoms with Crippen molar-refractivity contribution in [1.82, 2.24) is 24.5 Å². The van der Waals surface area contributed by atoms with Crippen LogP contribution in [0, 0.1) is 0 Å². The summed E-state index contributed by atoms with van der Waals surface area (Å²) < 4.78 is 2.24. The van der Waals surface area contributed by atoms with E-state index in [1.54, 1.807) is 0 Å². The van der Waals surface area contributed by atoms with Gasteiger partial charge in [-0.15, -0.1) is 0 Å². The third-order valence-corrected chi connectivity index (χ3v) is 11.5. The summed E-state index contributed by atoms with van der Waals surface area (Å²) in [5.74, 6) is 1.85. The van der Waals surface area contributed by atoms with Crippen molar-refractivity contribution >= 4 is 32.6 Å². The monoisotopic (exact) mass is 717 g/mol. The van der Waals surface area contributed by atoms with Crippen LogP contribution in [0.1, 0.15) is 25.0 Å². The number of fused-ring (bicyclic) bond motifs is 7. The van der Waals surface area contributed by atoms with E-state index in [0.29, 0.717) is 17.6 Å². The zero-order valence-corrected chi connectivity index (χ0v) is 31.0. The first-order valence-electron chi connectivity index (χ1n) is 19.1. The van der Waals surface area contributed by atoms with Gasteiger partial charge in [0.05, 0.1) is 16.7 Å². The van der Waals surface area contributed by atoms with Gasteiger partial charge >= 0.3 is 0 Å². The smallest absolute Gasteiger partial charge is 0.238 e. The minimum atomic E-state index is -0.174. The van der Waals surface area contributed by atoms with Crippen molar-refractivity contribution < 1.29 is 0 Å². The number of hydrogen-bond acceptors (Lipinski definition) is 4. The lowest BCUT2D eigenvalue weighted by Crippen LogP contribution is -2.15. The molecular weight excluding hydrogens is 683 g/mol. The summed E-state index contributed by atoms with van der Waals surface area (Å²) in [5.41, 5.74) is 13.3. The van der Waals surface area contributed by atoms with E-state index in [4.69, 9.17) is 19.9 Å². The number of hydrogen-bond donors (Lipinski definition) is 0. The summed E-state index contributed by atoms with van der Waals surface area (Å²) >= 11 is 0. The molecule has 3 heterocycles. The van der Waals surface area contributed by atoms with Crippen LogP contribution in [0.2, 0.25) is 0 Å². The lowest BCUT2D eigenvalue weighted by atomic mass is 9.82. The Morgan fingerprint density at radius 1 is 0.429 bits per heavy atom. The normalized spacial score (nSPS) is 13.0. The first-order valence-corrected chi connectivity index (χ1v) is 19.1. The molecule has 10 aromatic rings. The SMILES string of the molecule is CC1(C)c2ccccc2-c2cc3c4cc(-c5cccc(-c6nccc7ccccc67)c5)ccc4n(-c4nc(-c5ccccc5)nc(-c5ccccc5)n4)c3cc21. The summed E-state index contributed by atoms with van der Waals surface area (Å²) in [4.78, 5) is 20.3. The first-order chi connectivity index (χ1) is 27.5. The van der Waals surface area contributed by atoms with Crippen LogP contribution in [0.5, 0.6) is 0 Å². The van der Waals surface area contributed by atoms with Crippen LogP contribution in [0.4, 0.5) is 0 Å². The summed E-state index contributed by atoms with van der Waals surface area (Å²) in [6.45, 7) is 4.66. The Labute approximate surface area is 324 Å². The van der Waals surface area contributed by atoms with Crippen molar-refractivity contribution in [3.63, 3.8) is 0 Å². The molecule has 0 unspecified atom stereocenters. The van der Waals surface area contributed by atoms with Gasteiger partial charge in [0.2, 0.25) is 5.95 Å². The first kappa shape index (κ1) is 32.2. The minimum absolute atomic E-state index is 0.174. The summed E-state index contributed by atoms with van der Waals surface area (Å²) in [7, 11) is 0. The molecule has 264 valence electrons. The second kappa shape index (κ2) is 12.4. The highest BCUT2D eigenvalue weighted by molar-refractivity contribution is 6.12. The molecule has 0 saturated carbocycles. The standard InChI is InChI=1S/C51H35N5/c1-51(2)43-23-12-11-22-39(43)40-30-42-41-29-36(35-19-13-20-37(28-35)47-38-21-10-9-14-32(38)26-27-52-47)24-25-45(41)56(46(42)31-44(40)51)50-54-48(33-15-5-3-6-16-33)53-49(55-50)34-17-7-4-8-18-34/h3-31H,1-2H3. The molecule has 0 fully saturated rings. The molecule has 11 rings (SSSR count). The molecule has 7 aromatic carbocycles. The Morgan fingerprint density at radius 2 is 1.07 bits per heavy atom. The summed E-state index contributed by atoms with van der Waals surface area (Å²) in [6, 6.07) is 60.0. The third-order valence-electron chi connectivity index (χ3n) is 11.5. The summed E-state index contributed by atoms with van der Waals surface area (Å²) in [6.07, 6.45) is 1.90. The van der Waals surface area contributed by atoms with Crippen LogP contribution in [0.3, 0.4) is 0 Å². The predicted octanol–water partition coefficient (Wildman–Crippen LogP) is 12.5. The molecule has 0 N–H and O–H groups in total. The molecule has 0 spiro atoms. The van der Waals surface area contributed by atoms with Gasteiger partial charge in [0.25, 0.3) is 0 Å². The molecule has 56 heavy (non-hydrogen) atoms. The Hall–Kier alpha value is -7.24. The highest BCUT2D eigenvalue weighted by Gasteiger charge is 2.36. The van der Waals surface area contributed by atoms with Gasteiger partial charge in [0.1, 0.15) is 0 Å². The molecular formula is C51H35N5. The van der Waals surface area contributed by atoms with Gasteiger partial charge in [-0.05, 0) is 75.2 Å². The van der Waals surface area contributed by atoms with Crippen LogP contribution in [-0.4, -0.2) is 24.5 Å². The predicted molar refractivity (Wildman–Crippen MR) is 229 cm³/mol. The van der Waals surface area contributed by atoms with Gasteiger partial charge in [-0.25, -0.2) is 4.98 Å². The van der Waals surface area contributed by atoms with Crippen molar-refractivity contribution in [2.75, 3.05) is 0 Å². The Kier molecular flexibility index (Phi) is 7.13. The van der Waals surface area contributed by atoms with Crippen molar-refractivity contribution in [1.29, 1.82) is 0 Å². The van der Waals surface area contributed by atoms with Gasteiger partial charge in [0, 0.05) is 44.5 Å². The highest BCUT2D eigenvalue weighted by Crippen LogP contribution is 2.51. The number of nitrogens with zero attached hydrogens (tertiary/aromatic N) is 5. The van der Waals surface area contributed by atoms with Gasteiger partial charge in [0.15, 0.2) is 11.6 Å². The molecule has 0 amide bonds. The molecule has 0 bridgehead atoms. The van der Waals surface area contributed by atoms with Crippen LogP contribution >= 0.6 is 0 Å². The number of pyridine rings is 1. The van der Waals surface area contributed by atoms with Gasteiger partial charge in [-0.1, -0.05) is 147 Å². The largest absolute Gasteiger partial charge is 0.278 e. The average molecular weight is 718 g/mol. The molecule has 1 aliphatic rings. The molecule has 3 aromatic heterocycles. The Morgan fingerprint density at radius 3 is 1.86 bits per heavy atom. The molecule has 0 atom stereocenters. The number of rotatable bonds is 5. The lowest BCUT2D eigenvalue weighted by Gasteiger charge is -2.21. The second-order valence-electron chi connectivity index (χ2n) is 15.1. The Balaban J connectivity index is 1.17. The number of aromatic nitrogens is 5. The average Bonchev–Trinajstić information content (AvgIpc) is 3.70. The van der Waals surface area contributed by atoms with Gasteiger partial charge in [-0.2, -0.15) is 9.97 Å². The fourth-order valence-corrected chi connectivity index (χ4v) is 8.70. The minimum Gasteiger partial charge on any atom is -0.278 e. The van der Waals surface area contributed by atoms with Crippen molar-refractivity contribution in [3.05, 3.63) is 187 Å². The van der Waals surface area contributed by atoms with Crippen molar-refractivity contribution in [3.8, 4) is 62.2 Å². The van der Waals surface area contributed by atoms with E-state index in [-0.39, 0.29) is 5.41 Å². The van der Waals surface area contributed by atoms with Crippen molar-refractivity contribution in [2.24, 2.45) is 0 Å². The van der Waals surface area contributed by atoms with Crippen LogP contribution in [0.25, 0.3) is 94.8 Å². The van der Waals surface area contributed by atoms with E-state index in [0.717, 1.165) is 60.7 Å². The van der Waals surface area contributed by atoms with E-state index in [1.807, 2.05) is 42.6 Å². The van der Waals surface area contributed by atoms with Gasteiger partial charge in [-0.3, -0.25) is 9.55 Å². The number of benzene rings is 7. The molecule has 0 aliphatic heterocycles. The molecule has 5 nitrogen and oxygen atoms in total. The maximum absolute atomic E-state index is 5.23. The van der Waals surface area contributed by atoms with Crippen LogP contribution in [-0.2, 0) is 5.41 Å². The van der Waals surface area contributed by atoms with E-state index < -0.39 is 0 Å². The van der Waals surface area contributed by atoms with Gasteiger partial charge < -0.3 is 0 Å². The Bertz CT molecular complexity index is 3100. The van der Waals surface area contributed by atoms with E-state index in [9.17, 15) is 0 Å². The van der Waals surface area contributed by atoms with E-state index >= 15 is 0 Å².